The molecule has 2 N–H and O–H groups in total. The van der Waals surface area contributed by atoms with Gasteiger partial charge in [-0.15, -0.1) is 0 Å². The second kappa shape index (κ2) is 2.69. The predicted octanol–water partition coefficient (Wildman–Crippen LogP) is 0.653. The molecule has 1 aromatic heterocycles. The van der Waals surface area contributed by atoms with Crippen LogP contribution in [0.15, 0.2) is 12.4 Å². The van der Waals surface area contributed by atoms with Crippen LogP contribution in [-0.4, -0.2) is 9.97 Å². The van der Waals surface area contributed by atoms with E-state index in [2.05, 4.69) is 14.8 Å². The van der Waals surface area contributed by atoms with Crippen molar-refractivity contribution in [2.45, 2.75) is 6.54 Å². The summed E-state index contributed by atoms with van der Waals surface area (Å²) in [4.78, 5) is 9.23. The Morgan fingerprint density at radius 2 is 2.75 bits per heavy atom. The second-order valence-electron chi connectivity index (χ2n) is 1.35. The first-order valence-electron chi connectivity index (χ1n) is 2.25. The van der Waals surface area contributed by atoms with Crippen LogP contribution in [0.25, 0.3) is 0 Å². The van der Waals surface area contributed by atoms with E-state index in [1.165, 1.54) is 0 Å². The van der Waals surface area contributed by atoms with Gasteiger partial charge in [0.25, 0.3) is 0 Å². The molecule has 0 aliphatic carbocycles. The van der Waals surface area contributed by atoms with Crippen LogP contribution in [0.3, 0.4) is 0 Å². The molecule has 0 aliphatic heterocycles. The number of hydrogen-bond acceptors (Lipinski definition) is 2. The van der Waals surface area contributed by atoms with Crippen molar-refractivity contribution in [2.24, 2.45) is 0 Å². The first-order valence-corrected chi connectivity index (χ1v) is 2.63. The number of H-pyrrole nitrogens is 1. The number of rotatable bonds is 2. The molecular weight excluding hydrogens is 126 g/mol. The van der Waals surface area contributed by atoms with Gasteiger partial charge in [0.15, 0.2) is 0 Å². The molecule has 0 radical (unpaired) electrons. The molecule has 3 nitrogen and oxygen atoms in total. The summed E-state index contributed by atoms with van der Waals surface area (Å²) in [6, 6.07) is 0. The van der Waals surface area contributed by atoms with Crippen molar-refractivity contribution in [3.8, 4) is 0 Å². The highest BCUT2D eigenvalue weighted by molar-refractivity contribution is 6.13. The number of imidazole rings is 1. The van der Waals surface area contributed by atoms with Gasteiger partial charge < -0.3 is 4.98 Å². The van der Waals surface area contributed by atoms with Crippen molar-refractivity contribution >= 4 is 11.8 Å². The van der Waals surface area contributed by atoms with E-state index in [1.54, 1.807) is 12.4 Å². The van der Waals surface area contributed by atoms with Gasteiger partial charge in [-0.2, -0.15) is 0 Å². The Bertz CT molecular complexity index is 137. The van der Waals surface area contributed by atoms with Gasteiger partial charge >= 0.3 is 0 Å². The molecule has 0 aliphatic rings. The Hall–Kier alpha value is -0.540. The van der Waals surface area contributed by atoms with Gasteiger partial charge in [-0.3, -0.25) is 0 Å². The molecule has 0 saturated heterocycles. The third kappa shape index (κ3) is 1.21. The largest absolute Gasteiger partial charge is 0.347 e. The zero-order valence-corrected chi connectivity index (χ0v) is 4.94. The van der Waals surface area contributed by atoms with Crippen LogP contribution in [0.5, 0.6) is 0 Å². The topological polar surface area (TPSA) is 40.7 Å². The molecular formula is C4H6ClN3. The van der Waals surface area contributed by atoms with E-state index in [1.807, 2.05) is 0 Å². The lowest BCUT2D eigenvalue weighted by Gasteiger charge is -1.86. The summed E-state index contributed by atoms with van der Waals surface area (Å²) in [5.74, 6) is 0.847. The van der Waals surface area contributed by atoms with Crippen molar-refractivity contribution in [1.82, 2.24) is 14.8 Å². The average molecular weight is 132 g/mol. The molecule has 0 aromatic carbocycles. The summed E-state index contributed by atoms with van der Waals surface area (Å²) >= 11 is 5.18. The minimum Gasteiger partial charge on any atom is -0.347 e. The molecule has 0 unspecified atom stereocenters. The lowest BCUT2D eigenvalue weighted by molar-refractivity contribution is 0.880. The van der Waals surface area contributed by atoms with Crippen LogP contribution < -0.4 is 4.84 Å². The normalized spacial score (nSPS) is 9.62. The first-order chi connectivity index (χ1) is 3.93. The highest BCUT2D eigenvalue weighted by atomic mass is 35.5. The van der Waals surface area contributed by atoms with Crippen molar-refractivity contribution in [3.05, 3.63) is 18.2 Å². The van der Waals surface area contributed by atoms with Crippen LogP contribution >= 0.6 is 11.8 Å². The van der Waals surface area contributed by atoms with Gasteiger partial charge in [-0.05, 0) is 11.8 Å². The van der Waals surface area contributed by atoms with Crippen LogP contribution in [0.1, 0.15) is 5.82 Å². The van der Waals surface area contributed by atoms with Gasteiger partial charge in [0.1, 0.15) is 5.82 Å². The molecule has 0 spiro atoms. The third-order valence-corrected chi connectivity index (χ3v) is 0.923. The maximum absolute atomic E-state index is 5.18. The minimum absolute atomic E-state index is 0.578. The Kier molecular flexibility index (Phi) is 1.88. The van der Waals surface area contributed by atoms with Crippen LogP contribution in [0, 0.1) is 0 Å². The fourth-order valence-corrected chi connectivity index (χ4v) is 0.585. The molecule has 4 heteroatoms. The maximum atomic E-state index is 5.18. The van der Waals surface area contributed by atoms with E-state index < -0.39 is 0 Å². The number of halogens is 1. The van der Waals surface area contributed by atoms with Crippen molar-refractivity contribution in [3.63, 3.8) is 0 Å². The number of aromatic amines is 1. The van der Waals surface area contributed by atoms with E-state index in [0.717, 1.165) is 5.82 Å². The smallest absolute Gasteiger partial charge is 0.121 e. The minimum atomic E-state index is 0.578. The monoisotopic (exact) mass is 131 g/mol. The lowest BCUT2D eigenvalue weighted by Crippen LogP contribution is -1.99. The van der Waals surface area contributed by atoms with E-state index in [9.17, 15) is 0 Å². The summed E-state index contributed by atoms with van der Waals surface area (Å²) in [5.41, 5.74) is 0. The molecule has 8 heavy (non-hydrogen) atoms. The van der Waals surface area contributed by atoms with Gasteiger partial charge in [0.2, 0.25) is 0 Å². The SMILES string of the molecule is ClNCc1ncc[nH]1. The lowest BCUT2D eigenvalue weighted by atomic mass is 10.6. The second-order valence-corrected chi connectivity index (χ2v) is 1.61. The van der Waals surface area contributed by atoms with Gasteiger partial charge in [-0.1, -0.05) is 0 Å². The van der Waals surface area contributed by atoms with Crippen LogP contribution in [0.2, 0.25) is 0 Å². The van der Waals surface area contributed by atoms with Gasteiger partial charge in [0.05, 0.1) is 6.54 Å². The molecule has 0 amide bonds. The Morgan fingerprint density at radius 1 is 1.88 bits per heavy atom. The Morgan fingerprint density at radius 3 is 3.25 bits per heavy atom. The number of aromatic nitrogens is 2. The average Bonchev–Trinajstić information content (AvgIpc) is 2.19. The molecule has 0 fully saturated rings. The summed E-state index contributed by atoms with van der Waals surface area (Å²) in [5, 5.41) is 0. The quantitative estimate of drug-likeness (QED) is 0.579. The predicted molar refractivity (Wildman–Crippen MR) is 31.3 cm³/mol. The molecule has 0 bridgehead atoms. The summed E-state index contributed by atoms with van der Waals surface area (Å²) in [6.07, 6.45) is 3.44. The van der Waals surface area contributed by atoms with Crippen LogP contribution in [-0.2, 0) is 6.54 Å². The summed E-state index contributed by atoms with van der Waals surface area (Å²) in [6.45, 7) is 0.578. The summed E-state index contributed by atoms with van der Waals surface area (Å²) in [7, 11) is 0. The third-order valence-electron chi connectivity index (χ3n) is 0.789. The number of hydrogen-bond donors (Lipinski definition) is 2. The van der Waals surface area contributed by atoms with Crippen LogP contribution in [0.4, 0.5) is 0 Å². The zero-order valence-electron chi connectivity index (χ0n) is 4.19. The number of nitrogens with zero attached hydrogens (tertiary/aromatic N) is 1. The molecule has 0 saturated carbocycles. The fraction of sp³-hybridized carbons (Fsp3) is 0.250. The molecule has 1 heterocycles. The highest BCUT2D eigenvalue weighted by Gasteiger charge is 1.87. The van der Waals surface area contributed by atoms with Crippen molar-refractivity contribution in [1.29, 1.82) is 0 Å². The van der Waals surface area contributed by atoms with Crippen molar-refractivity contribution < 1.29 is 0 Å². The highest BCUT2D eigenvalue weighted by Crippen LogP contribution is 1.85. The first kappa shape index (κ1) is 5.59. The Labute approximate surface area is 52.2 Å². The Balaban J connectivity index is 2.50. The van der Waals surface area contributed by atoms with Crippen molar-refractivity contribution in [2.75, 3.05) is 0 Å². The fourth-order valence-electron chi connectivity index (χ4n) is 0.458. The zero-order chi connectivity index (χ0) is 5.82. The van der Waals surface area contributed by atoms with E-state index in [0.29, 0.717) is 6.54 Å². The van der Waals surface area contributed by atoms with E-state index in [-0.39, 0.29) is 0 Å². The number of nitrogens with one attached hydrogen (secondary N) is 2. The molecule has 1 aromatic rings. The van der Waals surface area contributed by atoms with E-state index in [4.69, 9.17) is 11.8 Å². The molecule has 44 valence electrons. The molecule has 1 rings (SSSR count). The maximum Gasteiger partial charge on any atom is 0.121 e. The summed E-state index contributed by atoms with van der Waals surface area (Å²) < 4.78 is 0. The standard InChI is InChI=1S/C4H6ClN3/c5-8-3-4-6-1-2-7-4/h1-2,8H,3H2,(H,6,7). The van der Waals surface area contributed by atoms with Gasteiger partial charge in [-0.25, -0.2) is 9.82 Å². The van der Waals surface area contributed by atoms with E-state index >= 15 is 0 Å². The molecule has 0 atom stereocenters. The van der Waals surface area contributed by atoms with Gasteiger partial charge in [0, 0.05) is 12.4 Å².